The molecule has 0 aromatic heterocycles. The van der Waals surface area contributed by atoms with E-state index in [0.717, 1.165) is 42.0 Å². The van der Waals surface area contributed by atoms with Crippen molar-refractivity contribution in [1.82, 2.24) is 10.6 Å². The van der Waals surface area contributed by atoms with Crippen molar-refractivity contribution >= 4 is 41.7 Å². The van der Waals surface area contributed by atoms with Gasteiger partial charge in [0.05, 0.1) is 0 Å². The molecule has 0 saturated heterocycles. The Labute approximate surface area is 147 Å². The first-order valence-electron chi connectivity index (χ1n) is 7.11. The van der Waals surface area contributed by atoms with E-state index in [4.69, 9.17) is 0 Å². The summed E-state index contributed by atoms with van der Waals surface area (Å²) in [5.41, 5.74) is 0. The van der Waals surface area contributed by atoms with Gasteiger partial charge >= 0.3 is 0 Å². The standard InChI is InChI=1S/C15H22FN3S.HI/c1-17-15(19-11-12-3-4-12)18-9-2-10-20-14-7-5-13(16)6-8-14;/h5-8,12H,2-4,9-11H2,1H3,(H2,17,18,19);1H. The minimum absolute atomic E-state index is 0. The first-order valence-corrected chi connectivity index (χ1v) is 8.09. The Morgan fingerprint density at radius 1 is 1.29 bits per heavy atom. The van der Waals surface area contributed by atoms with Crippen LogP contribution in [0.25, 0.3) is 0 Å². The smallest absolute Gasteiger partial charge is 0.190 e. The van der Waals surface area contributed by atoms with E-state index in [2.05, 4.69) is 15.6 Å². The maximum atomic E-state index is 12.8. The van der Waals surface area contributed by atoms with E-state index in [9.17, 15) is 4.39 Å². The van der Waals surface area contributed by atoms with Crippen LogP contribution < -0.4 is 10.6 Å². The van der Waals surface area contributed by atoms with Crippen LogP contribution in [-0.2, 0) is 0 Å². The molecule has 0 bridgehead atoms. The van der Waals surface area contributed by atoms with Crippen LogP contribution in [0.2, 0.25) is 0 Å². The highest BCUT2D eigenvalue weighted by atomic mass is 127. The van der Waals surface area contributed by atoms with Crippen molar-refractivity contribution in [2.24, 2.45) is 10.9 Å². The Morgan fingerprint density at radius 2 is 2.00 bits per heavy atom. The average molecular weight is 423 g/mol. The summed E-state index contributed by atoms with van der Waals surface area (Å²) in [6, 6.07) is 6.65. The third-order valence-corrected chi connectivity index (χ3v) is 4.27. The maximum Gasteiger partial charge on any atom is 0.190 e. The number of nitrogens with one attached hydrogen (secondary N) is 2. The molecular weight excluding hydrogens is 400 g/mol. The normalized spacial score (nSPS) is 14.5. The summed E-state index contributed by atoms with van der Waals surface area (Å²) < 4.78 is 12.8. The summed E-state index contributed by atoms with van der Waals surface area (Å²) in [7, 11) is 1.80. The molecule has 1 fully saturated rings. The molecule has 0 radical (unpaired) electrons. The molecule has 0 unspecified atom stereocenters. The lowest BCUT2D eigenvalue weighted by Gasteiger charge is -2.11. The predicted octanol–water partition coefficient (Wildman–Crippen LogP) is 3.50. The van der Waals surface area contributed by atoms with Crippen molar-refractivity contribution in [3.8, 4) is 0 Å². The average Bonchev–Trinajstić information content (AvgIpc) is 3.28. The van der Waals surface area contributed by atoms with Gasteiger partial charge in [0.1, 0.15) is 5.82 Å². The molecule has 1 saturated carbocycles. The number of guanidine groups is 1. The molecule has 0 atom stereocenters. The molecule has 3 nitrogen and oxygen atoms in total. The monoisotopic (exact) mass is 423 g/mol. The lowest BCUT2D eigenvalue weighted by atomic mass is 10.4. The van der Waals surface area contributed by atoms with Crippen molar-refractivity contribution in [3.05, 3.63) is 30.1 Å². The zero-order valence-corrected chi connectivity index (χ0v) is 15.4. The van der Waals surface area contributed by atoms with Crippen LogP contribution in [0.5, 0.6) is 0 Å². The minimum Gasteiger partial charge on any atom is -0.356 e. The molecule has 0 aliphatic heterocycles. The summed E-state index contributed by atoms with van der Waals surface area (Å²) in [4.78, 5) is 5.31. The molecular formula is C15H23FIN3S. The van der Waals surface area contributed by atoms with Crippen molar-refractivity contribution in [1.29, 1.82) is 0 Å². The van der Waals surface area contributed by atoms with E-state index >= 15 is 0 Å². The fourth-order valence-corrected chi connectivity index (χ4v) is 2.64. The van der Waals surface area contributed by atoms with Gasteiger partial charge in [-0.1, -0.05) is 0 Å². The van der Waals surface area contributed by atoms with Gasteiger partial charge in [0.15, 0.2) is 5.96 Å². The molecule has 1 aromatic carbocycles. The topological polar surface area (TPSA) is 36.4 Å². The summed E-state index contributed by atoms with van der Waals surface area (Å²) in [6.07, 6.45) is 3.74. The number of hydrogen-bond donors (Lipinski definition) is 2. The highest BCUT2D eigenvalue weighted by Crippen LogP contribution is 2.27. The van der Waals surface area contributed by atoms with Gasteiger partial charge < -0.3 is 10.6 Å². The Kier molecular flexibility index (Phi) is 9.07. The van der Waals surface area contributed by atoms with E-state index in [1.807, 2.05) is 12.1 Å². The van der Waals surface area contributed by atoms with E-state index < -0.39 is 0 Å². The number of thioether (sulfide) groups is 1. The molecule has 21 heavy (non-hydrogen) atoms. The van der Waals surface area contributed by atoms with E-state index in [0.29, 0.717) is 0 Å². The quantitative estimate of drug-likeness (QED) is 0.232. The zero-order chi connectivity index (χ0) is 14.2. The van der Waals surface area contributed by atoms with E-state index in [1.54, 1.807) is 18.8 Å². The number of hydrogen-bond acceptors (Lipinski definition) is 2. The molecule has 0 amide bonds. The first-order chi connectivity index (χ1) is 9.78. The minimum atomic E-state index is -0.179. The fourth-order valence-electron chi connectivity index (χ4n) is 1.78. The zero-order valence-electron chi connectivity index (χ0n) is 12.3. The van der Waals surface area contributed by atoms with Crippen molar-refractivity contribution in [3.63, 3.8) is 0 Å². The molecule has 2 N–H and O–H groups in total. The van der Waals surface area contributed by atoms with Gasteiger partial charge in [-0.2, -0.15) is 0 Å². The summed E-state index contributed by atoms with van der Waals surface area (Å²) in [5.74, 6) is 2.57. The number of benzene rings is 1. The molecule has 1 aliphatic carbocycles. The molecule has 1 aromatic rings. The van der Waals surface area contributed by atoms with Gasteiger partial charge in [-0.15, -0.1) is 35.7 Å². The maximum absolute atomic E-state index is 12.8. The third-order valence-electron chi connectivity index (χ3n) is 3.17. The number of aliphatic imine (C=N–C) groups is 1. The largest absolute Gasteiger partial charge is 0.356 e. The number of halogens is 2. The number of nitrogens with zero attached hydrogens (tertiary/aromatic N) is 1. The summed E-state index contributed by atoms with van der Waals surface area (Å²) in [5, 5.41) is 6.65. The van der Waals surface area contributed by atoms with Crippen LogP contribution in [-0.4, -0.2) is 31.8 Å². The van der Waals surface area contributed by atoms with E-state index in [-0.39, 0.29) is 29.8 Å². The Hall–Kier alpha value is -0.500. The Morgan fingerprint density at radius 3 is 2.62 bits per heavy atom. The van der Waals surface area contributed by atoms with Crippen LogP contribution in [0.15, 0.2) is 34.2 Å². The van der Waals surface area contributed by atoms with Gasteiger partial charge in [0.25, 0.3) is 0 Å². The fraction of sp³-hybridized carbons (Fsp3) is 0.533. The lowest BCUT2D eigenvalue weighted by Crippen LogP contribution is -2.38. The molecule has 2 rings (SSSR count). The second-order valence-electron chi connectivity index (χ2n) is 4.98. The van der Waals surface area contributed by atoms with Gasteiger partial charge in [-0.05, 0) is 55.2 Å². The second-order valence-corrected chi connectivity index (χ2v) is 6.15. The summed E-state index contributed by atoms with van der Waals surface area (Å²) in [6.45, 7) is 1.93. The SMILES string of the molecule is CN=C(NCCCSc1ccc(F)cc1)NCC1CC1.I. The Bertz CT molecular complexity index is 435. The van der Waals surface area contributed by atoms with Crippen molar-refractivity contribution in [2.45, 2.75) is 24.2 Å². The van der Waals surface area contributed by atoms with Crippen molar-refractivity contribution in [2.75, 3.05) is 25.9 Å². The molecule has 118 valence electrons. The summed E-state index contributed by atoms with van der Waals surface area (Å²) >= 11 is 1.75. The Balaban J connectivity index is 0.00000220. The van der Waals surface area contributed by atoms with Crippen LogP contribution >= 0.6 is 35.7 Å². The third kappa shape index (κ3) is 7.90. The molecule has 6 heteroatoms. The van der Waals surface area contributed by atoms with Crippen LogP contribution in [0.3, 0.4) is 0 Å². The highest BCUT2D eigenvalue weighted by molar-refractivity contribution is 14.0. The first kappa shape index (κ1) is 18.5. The predicted molar refractivity (Wildman–Crippen MR) is 99.2 cm³/mol. The molecule has 0 heterocycles. The molecule has 0 spiro atoms. The number of rotatable bonds is 7. The lowest BCUT2D eigenvalue weighted by molar-refractivity contribution is 0.626. The van der Waals surface area contributed by atoms with Crippen LogP contribution in [0.4, 0.5) is 4.39 Å². The van der Waals surface area contributed by atoms with E-state index in [1.165, 1.54) is 25.0 Å². The highest BCUT2D eigenvalue weighted by Gasteiger charge is 2.20. The van der Waals surface area contributed by atoms with Gasteiger partial charge in [0.2, 0.25) is 0 Å². The van der Waals surface area contributed by atoms with Crippen molar-refractivity contribution < 1.29 is 4.39 Å². The van der Waals surface area contributed by atoms with Gasteiger partial charge in [-0.25, -0.2) is 4.39 Å². The van der Waals surface area contributed by atoms with Crippen LogP contribution in [0.1, 0.15) is 19.3 Å². The van der Waals surface area contributed by atoms with Gasteiger partial charge in [-0.3, -0.25) is 4.99 Å². The van der Waals surface area contributed by atoms with Crippen LogP contribution in [0, 0.1) is 11.7 Å². The van der Waals surface area contributed by atoms with Gasteiger partial charge in [0, 0.05) is 25.0 Å². The molecule has 1 aliphatic rings. The second kappa shape index (κ2) is 10.3.